The zero-order chi connectivity index (χ0) is 14.4. The molecule has 0 spiro atoms. The summed E-state index contributed by atoms with van der Waals surface area (Å²) >= 11 is 0. The molecule has 0 aliphatic carbocycles. The van der Waals surface area contributed by atoms with E-state index < -0.39 is 11.7 Å². The lowest BCUT2D eigenvalue weighted by Gasteiger charge is -2.05. The number of carbonyl (C=O) groups is 1. The largest absolute Gasteiger partial charge is 0.395 e. The SMILES string of the molecule is O=C(Nc1ccc(C#CCCO)cc1F)c1ccn[nH]1. The van der Waals surface area contributed by atoms with Crippen molar-refractivity contribution in [1.29, 1.82) is 0 Å². The first-order valence-corrected chi connectivity index (χ1v) is 5.90. The van der Waals surface area contributed by atoms with Gasteiger partial charge in [0.05, 0.1) is 12.3 Å². The van der Waals surface area contributed by atoms with E-state index in [1.165, 1.54) is 24.4 Å². The number of hydrogen-bond donors (Lipinski definition) is 3. The Bertz CT molecular complexity index is 657. The molecule has 2 rings (SSSR count). The van der Waals surface area contributed by atoms with Gasteiger partial charge in [-0.25, -0.2) is 4.39 Å². The fraction of sp³-hybridized carbons (Fsp3) is 0.143. The molecule has 0 fully saturated rings. The van der Waals surface area contributed by atoms with Crippen LogP contribution in [0.2, 0.25) is 0 Å². The molecule has 0 radical (unpaired) electrons. The van der Waals surface area contributed by atoms with E-state index in [0.29, 0.717) is 12.0 Å². The second kappa shape index (κ2) is 6.50. The maximum atomic E-state index is 13.8. The first-order valence-electron chi connectivity index (χ1n) is 5.90. The first kappa shape index (κ1) is 13.8. The van der Waals surface area contributed by atoms with Gasteiger partial charge in [-0.15, -0.1) is 0 Å². The summed E-state index contributed by atoms with van der Waals surface area (Å²) in [4.78, 5) is 11.7. The Kier molecular flexibility index (Phi) is 4.47. The average Bonchev–Trinajstić information content (AvgIpc) is 2.96. The van der Waals surface area contributed by atoms with Crippen molar-refractivity contribution in [2.75, 3.05) is 11.9 Å². The lowest BCUT2D eigenvalue weighted by molar-refractivity contribution is 0.102. The summed E-state index contributed by atoms with van der Waals surface area (Å²) in [7, 11) is 0. The molecule has 0 saturated carbocycles. The molecule has 0 aliphatic rings. The maximum Gasteiger partial charge on any atom is 0.273 e. The number of halogens is 1. The fourth-order valence-electron chi connectivity index (χ4n) is 1.49. The number of benzene rings is 1. The van der Waals surface area contributed by atoms with E-state index in [-0.39, 0.29) is 18.0 Å². The summed E-state index contributed by atoms with van der Waals surface area (Å²) in [6.07, 6.45) is 1.77. The van der Waals surface area contributed by atoms with E-state index in [2.05, 4.69) is 27.4 Å². The number of aliphatic hydroxyl groups excluding tert-OH is 1. The van der Waals surface area contributed by atoms with Crippen LogP contribution in [-0.4, -0.2) is 27.8 Å². The second-order valence-electron chi connectivity index (χ2n) is 3.89. The molecule has 1 aromatic carbocycles. The Morgan fingerprint density at radius 3 is 2.95 bits per heavy atom. The summed E-state index contributed by atoms with van der Waals surface area (Å²) in [5.74, 6) is 4.36. The minimum Gasteiger partial charge on any atom is -0.395 e. The van der Waals surface area contributed by atoms with Crippen LogP contribution in [-0.2, 0) is 0 Å². The Morgan fingerprint density at radius 1 is 1.45 bits per heavy atom. The van der Waals surface area contributed by atoms with E-state index in [4.69, 9.17) is 5.11 Å². The van der Waals surface area contributed by atoms with E-state index in [1.54, 1.807) is 6.07 Å². The molecule has 102 valence electrons. The monoisotopic (exact) mass is 273 g/mol. The van der Waals surface area contributed by atoms with Crippen molar-refractivity contribution in [2.24, 2.45) is 0 Å². The van der Waals surface area contributed by atoms with E-state index >= 15 is 0 Å². The number of H-pyrrole nitrogens is 1. The smallest absolute Gasteiger partial charge is 0.273 e. The van der Waals surface area contributed by atoms with Crippen molar-refractivity contribution >= 4 is 11.6 Å². The maximum absolute atomic E-state index is 13.8. The summed E-state index contributed by atoms with van der Waals surface area (Å²) < 4.78 is 13.8. The van der Waals surface area contributed by atoms with Gasteiger partial charge in [-0.1, -0.05) is 11.8 Å². The number of nitrogens with zero attached hydrogens (tertiary/aromatic N) is 1. The molecule has 0 unspecified atom stereocenters. The van der Waals surface area contributed by atoms with Crippen LogP contribution in [0.25, 0.3) is 0 Å². The van der Waals surface area contributed by atoms with Crippen LogP contribution in [0.3, 0.4) is 0 Å². The van der Waals surface area contributed by atoms with Crippen LogP contribution in [0.5, 0.6) is 0 Å². The quantitative estimate of drug-likeness (QED) is 0.742. The van der Waals surface area contributed by atoms with Gasteiger partial charge in [0.1, 0.15) is 11.5 Å². The van der Waals surface area contributed by atoms with Crippen LogP contribution in [0.1, 0.15) is 22.5 Å². The molecule has 6 heteroatoms. The van der Waals surface area contributed by atoms with Crippen LogP contribution in [0.4, 0.5) is 10.1 Å². The van der Waals surface area contributed by atoms with Gasteiger partial charge in [-0.3, -0.25) is 9.89 Å². The van der Waals surface area contributed by atoms with Crippen LogP contribution in [0, 0.1) is 17.7 Å². The van der Waals surface area contributed by atoms with Crippen molar-refractivity contribution in [3.05, 3.63) is 47.5 Å². The highest BCUT2D eigenvalue weighted by molar-refractivity contribution is 6.02. The van der Waals surface area contributed by atoms with E-state index in [9.17, 15) is 9.18 Å². The van der Waals surface area contributed by atoms with Gasteiger partial charge < -0.3 is 10.4 Å². The van der Waals surface area contributed by atoms with Gasteiger partial charge >= 0.3 is 0 Å². The Morgan fingerprint density at radius 2 is 2.30 bits per heavy atom. The average molecular weight is 273 g/mol. The topological polar surface area (TPSA) is 78.0 Å². The number of aliphatic hydroxyl groups is 1. The number of nitrogens with one attached hydrogen (secondary N) is 2. The predicted molar refractivity (Wildman–Crippen MR) is 71.5 cm³/mol. The Labute approximate surface area is 114 Å². The van der Waals surface area contributed by atoms with Crippen molar-refractivity contribution in [3.63, 3.8) is 0 Å². The van der Waals surface area contributed by atoms with Crippen molar-refractivity contribution < 1.29 is 14.3 Å². The third kappa shape index (κ3) is 3.43. The van der Waals surface area contributed by atoms with Crippen LogP contribution < -0.4 is 5.32 Å². The zero-order valence-electron chi connectivity index (χ0n) is 10.5. The summed E-state index contributed by atoms with van der Waals surface area (Å²) in [6, 6.07) is 5.75. The molecule has 5 nitrogen and oxygen atoms in total. The number of aromatic nitrogens is 2. The van der Waals surface area contributed by atoms with Gasteiger partial charge in [0, 0.05) is 18.2 Å². The van der Waals surface area contributed by atoms with Crippen LogP contribution >= 0.6 is 0 Å². The van der Waals surface area contributed by atoms with Crippen molar-refractivity contribution in [3.8, 4) is 11.8 Å². The lowest BCUT2D eigenvalue weighted by atomic mass is 10.2. The van der Waals surface area contributed by atoms with Gasteiger partial charge in [0.15, 0.2) is 0 Å². The van der Waals surface area contributed by atoms with Gasteiger partial charge in [0.25, 0.3) is 5.91 Å². The molecule has 0 bridgehead atoms. The van der Waals surface area contributed by atoms with Gasteiger partial charge in [-0.2, -0.15) is 5.10 Å². The Hall–Kier alpha value is -2.65. The molecule has 3 N–H and O–H groups in total. The Balaban J connectivity index is 2.11. The number of amides is 1. The first-order chi connectivity index (χ1) is 9.70. The van der Waals surface area contributed by atoms with Crippen molar-refractivity contribution in [2.45, 2.75) is 6.42 Å². The van der Waals surface area contributed by atoms with Crippen molar-refractivity contribution in [1.82, 2.24) is 10.2 Å². The predicted octanol–water partition coefficient (Wildman–Crippen LogP) is 1.53. The summed E-state index contributed by atoms with van der Waals surface area (Å²) in [5, 5.41) is 17.2. The third-order valence-corrected chi connectivity index (χ3v) is 2.43. The highest BCUT2D eigenvalue weighted by atomic mass is 19.1. The summed E-state index contributed by atoms with van der Waals surface area (Å²) in [5.41, 5.74) is 0.795. The number of aromatic amines is 1. The zero-order valence-corrected chi connectivity index (χ0v) is 10.5. The molecular formula is C14H12FN3O2. The van der Waals surface area contributed by atoms with Crippen LogP contribution in [0.15, 0.2) is 30.5 Å². The standard InChI is InChI=1S/C14H12FN3O2/c15-11-9-10(3-1-2-8-19)4-5-12(11)17-14(20)13-6-7-16-18-13/h4-7,9,19H,2,8H2,(H,16,18)(H,17,20). The molecule has 0 saturated heterocycles. The number of anilines is 1. The molecule has 20 heavy (non-hydrogen) atoms. The molecule has 1 amide bonds. The second-order valence-corrected chi connectivity index (χ2v) is 3.89. The molecule has 1 aromatic heterocycles. The summed E-state index contributed by atoms with van der Waals surface area (Å²) in [6.45, 7) is -0.0339. The molecular weight excluding hydrogens is 261 g/mol. The minimum absolute atomic E-state index is 0.0339. The molecule has 1 heterocycles. The minimum atomic E-state index is -0.575. The van der Waals surface area contributed by atoms with E-state index in [1.807, 2.05) is 0 Å². The lowest BCUT2D eigenvalue weighted by Crippen LogP contribution is -2.13. The number of rotatable bonds is 3. The van der Waals surface area contributed by atoms with Gasteiger partial charge in [0.2, 0.25) is 0 Å². The van der Waals surface area contributed by atoms with E-state index in [0.717, 1.165) is 0 Å². The molecule has 2 aromatic rings. The highest BCUT2D eigenvalue weighted by Crippen LogP contribution is 2.16. The molecule has 0 atom stereocenters. The third-order valence-electron chi connectivity index (χ3n) is 2.43. The number of carbonyl (C=O) groups excluding carboxylic acids is 1. The normalized spacial score (nSPS) is 9.70. The highest BCUT2D eigenvalue weighted by Gasteiger charge is 2.10. The number of hydrogen-bond acceptors (Lipinski definition) is 3. The molecule has 0 aliphatic heterocycles. The van der Waals surface area contributed by atoms with Gasteiger partial charge in [-0.05, 0) is 24.3 Å². The fourth-order valence-corrected chi connectivity index (χ4v) is 1.49.